The standard InChI is InChI=1S/C15H19N3O3/c1-10-9-14(18(3)17-10)16-15(19)11(2)21-13-7-5-12(20-4)6-8-13/h5-9,11H,1-4H3,(H,16,19)/t11-/m0/s1. The van der Waals surface area contributed by atoms with Crippen molar-refractivity contribution in [3.05, 3.63) is 36.0 Å². The molecule has 0 fully saturated rings. The lowest BCUT2D eigenvalue weighted by molar-refractivity contribution is -0.122. The van der Waals surface area contributed by atoms with Gasteiger partial charge in [0.15, 0.2) is 6.10 Å². The molecular weight excluding hydrogens is 270 g/mol. The van der Waals surface area contributed by atoms with E-state index in [0.29, 0.717) is 11.6 Å². The first-order valence-electron chi connectivity index (χ1n) is 6.62. The Bertz CT molecular complexity index is 620. The van der Waals surface area contributed by atoms with Crippen molar-refractivity contribution in [1.82, 2.24) is 9.78 Å². The summed E-state index contributed by atoms with van der Waals surface area (Å²) >= 11 is 0. The van der Waals surface area contributed by atoms with E-state index < -0.39 is 6.10 Å². The van der Waals surface area contributed by atoms with Crippen molar-refractivity contribution >= 4 is 11.7 Å². The van der Waals surface area contributed by atoms with Crippen LogP contribution < -0.4 is 14.8 Å². The van der Waals surface area contributed by atoms with Crippen LogP contribution in [-0.4, -0.2) is 28.9 Å². The van der Waals surface area contributed by atoms with Crippen molar-refractivity contribution < 1.29 is 14.3 Å². The average Bonchev–Trinajstić information content (AvgIpc) is 2.77. The molecule has 1 atom stereocenters. The summed E-state index contributed by atoms with van der Waals surface area (Å²) in [6.07, 6.45) is -0.617. The normalized spacial score (nSPS) is 11.8. The number of nitrogens with zero attached hydrogens (tertiary/aromatic N) is 2. The van der Waals surface area contributed by atoms with Crippen molar-refractivity contribution in [3.8, 4) is 11.5 Å². The third kappa shape index (κ3) is 3.75. The lowest BCUT2D eigenvalue weighted by atomic mass is 10.3. The number of hydrogen-bond acceptors (Lipinski definition) is 4. The Labute approximate surface area is 123 Å². The summed E-state index contributed by atoms with van der Waals surface area (Å²) in [4.78, 5) is 12.1. The van der Waals surface area contributed by atoms with Gasteiger partial charge in [-0.25, -0.2) is 0 Å². The Morgan fingerprint density at radius 3 is 2.43 bits per heavy atom. The Kier molecular flexibility index (Phi) is 4.47. The molecule has 2 aromatic rings. The molecule has 0 aliphatic carbocycles. The van der Waals surface area contributed by atoms with Crippen LogP contribution in [0.1, 0.15) is 12.6 Å². The molecule has 0 saturated heterocycles. The van der Waals surface area contributed by atoms with E-state index in [1.165, 1.54) is 0 Å². The van der Waals surface area contributed by atoms with Crippen LogP contribution in [0.4, 0.5) is 5.82 Å². The molecule has 6 nitrogen and oxygen atoms in total. The second-order valence-corrected chi connectivity index (χ2v) is 4.72. The van der Waals surface area contributed by atoms with Gasteiger partial charge < -0.3 is 14.8 Å². The largest absolute Gasteiger partial charge is 0.497 e. The van der Waals surface area contributed by atoms with Crippen LogP contribution in [0.15, 0.2) is 30.3 Å². The number of anilines is 1. The minimum absolute atomic E-state index is 0.228. The number of nitrogens with one attached hydrogen (secondary N) is 1. The Morgan fingerprint density at radius 2 is 1.90 bits per heavy atom. The lowest BCUT2D eigenvalue weighted by Gasteiger charge is -2.14. The van der Waals surface area contributed by atoms with Gasteiger partial charge in [-0.05, 0) is 38.1 Å². The fraction of sp³-hybridized carbons (Fsp3) is 0.333. The summed E-state index contributed by atoms with van der Waals surface area (Å²) in [5, 5.41) is 6.96. The molecule has 0 saturated carbocycles. The highest BCUT2D eigenvalue weighted by molar-refractivity contribution is 5.93. The van der Waals surface area contributed by atoms with Crippen molar-refractivity contribution in [3.63, 3.8) is 0 Å². The van der Waals surface area contributed by atoms with Gasteiger partial charge in [0.1, 0.15) is 17.3 Å². The number of aromatic nitrogens is 2. The van der Waals surface area contributed by atoms with Crippen LogP contribution in [0.5, 0.6) is 11.5 Å². The summed E-state index contributed by atoms with van der Waals surface area (Å²) < 4.78 is 12.3. The smallest absolute Gasteiger partial charge is 0.266 e. The SMILES string of the molecule is COc1ccc(O[C@@H](C)C(=O)Nc2cc(C)nn2C)cc1. The maximum absolute atomic E-state index is 12.1. The van der Waals surface area contributed by atoms with Gasteiger partial charge >= 0.3 is 0 Å². The molecule has 0 spiro atoms. The highest BCUT2D eigenvalue weighted by atomic mass is 16.5. The average molecular weight is 289 g/mol. The molecule has 21 heavy (non-hydrogen) atoms. The van der Waals surface area contributed by atoms with Crippen LogP contribution >= 0.6 is 0 Å². The van der Waals surface area contributed by atoms with Gasteiger partial charge in [0.25, 0.3) is 5.91 Å². The number of carbonyl (C=O) groups excluding carboxylic acids is 1. The minimum atomic E-state index is -0.617. The molecule has 1 aromatic carbocycles. The first-order valence-corrected chi connectivity index (χ1v) is 6.62. The summed E-state index contributed by atoms with van der Waals surface area (Å²) in [6.45, 7) is 3.57. The van der Waals surface area contributed by atoms with Crippen molar-refractivity contribution in [2.45, 2.75) is 20.0 Å². The summed E-state index contributed by atoms with van der Waals surface area (Å²) in [6, 6.07) is 8.89. The predicted molar refractivity (Wildman–Crippen MR) is 79.7 cm³/mol. The van der Waals surface area contributed by atoms with E-state index in [4.69, 9.17) is 9.47 Å². The number of amides is 1. The predicted octanol–water partition coefficient (Wildman–Crippen LogP) is 2.14. The summed E-state index contributed by atoms with van der Waals surface area (Å²) in [5.41, 5.74) is 0.844. The van der Waals surface area contributed by atoms with Crippen molar-refractivity contribution in [2.75, 3.05) is 12.4 Å². The number of rotatable bonds is 5. The molecule has 1 amide bonds. The van der Waals surface area contributed by atoms with Crippen LogP contribution in [0.3, 0.4) is 0 Å². The Morgan fingerprint density at radius 1 is 1.29 bits per heavy atom. The molecule has 112 valence electrons. The first kappa shape index (κ1) is 14.9. The molecule has 0 unspecified atom stereocenters. The van der Waals surface area contributed by atoms with Crippen molar-refractivity contribution in [1.29, 1.82) is 0 Å². The monoisotopic (exact) mass is 289 g/mol. The van der Waals surface area contributed by atoms with Gasteiger partial charge in [-0.15, -0.1) is 0 Å². The van der Waals surface area contributed by atoms with E-state index >= 15 is 0 Å². The fourth-order valence-corrected chi connectivity index (χ4v) is 1.87. The zero-order chi connectivity index (χ0) is 15.4. The molecule has 1 heterocycles. The molecule has 0 bridgehead atoms. The quantitative estimate of drug-likeness (QED) is 0.916. The molecule has 0 aliphatic rings. The molecule has 1 aromatic heterocycles. The van der Waals surface area contributed by atoms with E-state index in [1.54, 1.807) is 56.1 Å². The van der Waals surface area contributed by atoms with Gasteiger partial charge in [-0.1, -0.05) is 0 Å². The number of methoxy groups -OCH3 is 1. The van der Waals surface area contributed by atoms with E-state index in [9.17, 15) is 4.79 Å². The number of hydrogen-bond donors (Lipinski definition) is 1. The van der Waals surface area contributed by atoms with Gasteiger partial charge in [0, 0.05) is 13.1 Å². The Hall–Kier alpha value is -2.50. The molecular formula is C15H19N3O3. The van der Waals surface area contributed by atoms with E-state index in [0.717, 1.165) is 11.4 Å². The van der Waals surface area contributed by atoms with Crippen LogP contribution in [-0.2, 0) is 11.8 Å². The third-order valence-corrected chi connectivity index (χ3v) is 2.99. The molecule has 6 heteroatoms. The zero-order valence-electron chi connectivity index (χ0n) is 12.6. The second-order valence-electron chi connectivity index (χ2n) is 4.72. The highest BCUT2D eigenvalue weighted by Crippen LogP contribution is 2.18. The number of carbonyl (C=O) groups is 1. The molecule has 0 aliphatic heterocycles. The fourth-order valence-electron chi connectivity index (χ4n) is 1.87. The summed E-state index contributed by atoms with van der Waals surface area (Å²) in [5.74, 6) is 1.76. The van der Waals surface area contributed by atoms with Gasteiger partial charge in [0.2, 0.25) is 0 Å². The number of benzene rings is 1. The van der Waals surface area contributed by atoms with Gasteiger partial charge in [-0.2, -0.15) is 5.10 Å². The second kappa shape index (κ2) is 6.30. The molecule has 2 rings (SSSR count). The zero-order valence-corrected chi connectivity index (χ0v) is 12.6. The molecule has 1 N–H and O–H groups in total. The van der Waals surface area contributed by atoms with Gasteiger partial charge in [0.05, 0.1) is 12.8 Å². The lowest BCUT2D eigenvalue weighted by Crippen LogP contribution is -2.30. The highest BCUT2D eigenvalue weighted by Gasteiger charge is 2.16. The minimum Gasteiger partial charge on any atom is -0.497 e. The van der Waals surface area contributed by atoms with E-state index in [1.807, 2.05) is 6.92 Å². The van der Waals surface area contributed by atoms with Crippen molar-refractivity contribution in [2.24, 2.45) is 7.05 Å². The van der Waals surface area contributed by atoms with Crippen LogP contribution in [0, 0.1) is 6.92 Å². The van der Waals surface area contributed by atoms with E-state index in [2.05, 4.69) is 10.4 Å². The maximum Gasteiger partial charge on any atom is 0.266 e. The van der Waals surface area contributed by atoms with E-state index in [-0.39, 0.29) is 5.91 Å². The third-order valence-electron chi connectivity index (χ3n) is 2.99. The summed E-state index contributed by atoms with van der Waals surface area (Å²) in [7, 11) is 3.37. The topological polar surface area (TPSA) is 65.4 Å². The maximum atomic E-state index is 12.1. The number of aryl methyl sites for hydroxylation is 2. The number of ether oxygens (including phenoxy) is 2. The van der Waals surface area contributed by atoms with Crippen LogP contribution in [0.2, 0.25) is 0 Å². The van der Waals surface area contributed by atoms with Crippen LogP contribution in [0.25, 0.3) is 0 Å². The van der Waals surface area contributed by atoms with Gasteiger partial charge in [-0.3, -0.25) is 9.48 Å². The molecule has 0 radical (unpaired) electrons. The Balaban J connectivity index is 1.97. The first-order chi connectivity index (χ1) is 9.99.